The van der Waals surface area contributed by atoms with Gasteiger partial charge in [0.2, 0.25) is 5.91 Å². The number of imide groups is 1. The van der Waals surface area contributed by atoms with Gasteiger partial charge in [-0.05, 0) is 18.2 Å². The van der Waals surface area contributed by atoms with E-state index in [1.807, 2.05) is 53.1 Å². The van der Waals surface area contributed by atoms with Crippen molar-refractivity contribution in [2.75, 3.05) is 12.8 Å². The number of hydrogen-bond acceptors (Lipinski definition) is 4. The van der Waals surface area contributed by atoms with Crippen LogP contribution in [0.25, 0.3) is 16.9 Å². The summed E-state index contributed by atoms with van der Waals surface area (Å²) >= 11 is 7.40. The van der Waals surface area contributed by atoms with E-state index in [9.17, 15) is 9.59 Å². The monoisotopic (exact) mass is 400 g/mol. The number of amides is 3. The van der Waals surface area contributed by atoms with E-state index < -0.39 is 11.9 Å². The van der Waals surface area contributed by atoms with E-state index in [1.165, 1.54) is 18.8 Å². The van der Waals surface area contributed by atoms with Crippen LogP contribution in [0.3, 0.4) is 0 Å². The summed E-state index contributed by atoms with van der Waals surface area (Å²) in [5, 5.41) is 5.82. The Hall–Kier alpha value is -2.77. The Morgan fingerprint density at radius 3 is 2.63 bits per heavy atom. The second kappa shape index (κ2) is 8.75. The first-order chi connectivity index (χ1) is 13.1. The third kappa shape index (κ3) is 4.69. The van der Waals surface area contributed by atoms with E-state index in [2.05, 4.69) is 15.6 Å². The van der Waals surface area contributed by atoms with Crippen LogP contribution in [-0.4, -0.2) is 34.3 Å². The molecule has 3 amide bonds. The highest BCUT2D eigenvalue weighted by Crippen LogP contribution is 2.30. The van der Waals surface area contributed by atoms with Gasteiger partial charge in [-0.1, -0.05) is 59.8 Å². The lowest BCUT2D eigenvalue weighted by atomic mass is 10.1. The molecule has 0 unspecified atom stereocenters. The van der Waals surface area contributed by atoms with Crippen molar-refractivity contribution in [3.63, 3.8) is 0 Å². The molecule has 3 aromatic rings. The Kier molecular flexibility index (Phi) is 6.16. The summed E-state index contributed by atoms with van der Waals surface area (Å²) in [6.07, 6.45) is 1.76. The van der Waals surface area contributed by atoms with E-state index in [4.69, 9.17) is 11.6 Å². The molecule has 2 aromatic carbocycles. The number of imidazole rings is 1. The predicted molar refractivity (Wildman–Crippen MR) is 107 cm³/mol. The molecule has 8 heteroatoms. The maximum Gasteiger partial charge on any atom is 0.321 e. The summed E-state index contributed by atoms with van der Waals surface area (Å²) < 4.78 is 1.94. The number of hydrogen-bond donors (Lipinski definition) is 2. The minimum atomic E-state index is -0.538. The third-order valence-electron chi connectivity index (χ3n) is 3.68. The van der Waals surface area contributed by atoms with Crippen LogP contribution >= 0.6 is 23.4 Å². The molecule has 138 valence electrons. The first-order valence-electron chi connectivity index (χ1n) is 8.12. The zero-order valence-electron chi connectivity index (χ0n) is 14.5. The molecule has 0 bridgehead atoms. The maximum absolute atomic E-state index is 11.9. The van der Waals surface area contributed by atoms with Gasteiger partial charge in [0.15, 0.2) is 5.16 Å². The van der Waals surface area contributed by atoms with Crippen LogP contribution < -0.4 is 10.6 Å². The van der Waals surface area contributed by atoms with Crippen molar-refractivity contribution in [3.05, 3.63) is 65.8 Å². The predicted octanol–water partition coefficient (Wildman–Crippen LogP) is 3.74. The molecular formula is C19H17ClN4O2S. The molecular weight excluding hydrogens is 384 g/mol. The number of halogens is 1. The molecule has 0 radical (unpaired) electrons. The number of nitrogens with zero attached hydrogens (tertiary/aromatic N) is 2. The number of urea groups is 1. The molecule has 0 atom stereocenters. The van der Waals surface area contributed by atoms with Crippen molar-refractivity contribution < 1.29 is 9.59 Å². The molecule has 0 aliphatic heterocycles. The lowest BCUT2D eigenvalue weighted by molar-refractivity contribution is -0.117. The Morgan fingerprint density at radius 2 is 1.93 bits per heavy atom. The molecule has 0 aliphatic carbocycles. The lowest BCUT2D eigenvalue weighted by Gasteiger charge is -2.12. The van der Waals surface area contributed by atoms with Gasteiger partial charge < -0.3 is 5.32 Å². The van der Waals surface area contributed by atoms with Crippen LogP contribution in [0.15, 0.2) is 66.0 Å². The highest BCUT2D eigenvalue weighted by molar-refractivity contribution is 7.99. The molecule has 0 saturated carbocycles. The Morgan fingerprint density at radius 1 is 1.15 bits per heavy atom. The molecule has 3 rings (SSSR count). The SMILES string of the molecule is CNC(=O)NC(=O)CSc1ncc(-c2ccccc2)n1-c1cccc(Cl)c1. The normalized spacial score (nSPS) is 10.4. The van der Waals surface area contributed by atoms with Gasteiger partial charge in [-0.2, -0.15) is 0 Å². The topological polar surface area (TPSA) is 76.0 Å². The quantitative estimate of drug-likeness (QED) is 0.639. The van der Waals surface area contributed by atoms with E-state index in [1.54, 1.807) is 12.3 Å². The first kappa shape index (κ1) is 19.0. The molecule has 0 saturated heterocycles. The average Bonchev–Trinajstić information content (AvgIpc) is 3.11. The Labute approximate surface area is 165 Å². The molecule has 0 aliphatic rings. The minimum absolute atomic E-state index is 0.0548. The number of carbonyl (C=O) groups is 2. The minimum Gasteiger partial charge on any atom is -0.341 e. The zero-order valence-corrected chi connectivity index (χ0v) is 16.1. The van der Waals surface area contributed by atoms with E-state index in [0.717, 1.165) is 16.9 Å². The molecule has 1 heterocycles. The fraction of sp³-hybridized carbons (Fsp3) is 0.105. The summed E-state index contributed by atoms with van der Waals surface area (Å²) in [4.78, 5) is 27.6. The fourth-order valence-corrected chi connectivity index (χ4v) is 3.45. The van der Waals surface area contributed by atoms with Gasteiger partial charge >= 0.3 is 6.03 Å². The first-order valence-corrected chi connectivity index (χ1v) is 9.48. The van der Waals surface area contributed by atoms with Crippen molar-refractivity contribution in [3.8, 4) is 16.9 Å². The second-order valence-electron chi connectivity index (χ2n) is 5.52. The van der Waals surface area contributed by atoms with Crippen LogP contribution in [0.5, 0.6) is 0 Å². The molecule has 0 spiro atoms. The third-order valence-corrected chi connectivity index (χ3v) is 4.87. The Balaban J connectivity index is 1.93. The van der Waals surface area contributed by atoms with Gasteiger partial charge in [0.25, 0.3) is 0 Å². The van der Waals surface area contributed by atoms with Crippen molar-refractivity contribution in [2.24, 2.45) is 0 Å². The Bertz CT molecular complexity index is 959. The summed E-state index contributed by atoms with van der Waals surface area (Å²) in [6.45, 7) is 0. The summed E-state index contributed by atoms with van der Waals surface area (Å²) in [5.41, 5.74) is 2.71. The van der Waals surface area contributed by atoms with E-state index in [0.29, 0.717) is 10.2 Å². The smallest absolute Gasteiger partial charge is 0.321 e. The van der Waals surface area contributed by atoms with Crippen LogP contribution in [0, 0.1) is 0 Å². The van der Waals surface area contributed by atoms with Gasteiger partial charge in [0.05, 0.1) is 17.6 Å². The molecule has 1 aromatic heterocycles. The largest absolute Gasteiger partial charge is 0.341 e. The lowest BCUT2D eigenvalue weighted by Crippen LogP contribution is -2.38. The van der Waals surface area contributed by atoms with Crippen molar-refractivity contribution in [2.45, 2.75) is 5.16 Å². The van der Waals surface area contributed by atoms with Gasteiger partial charge in [-0.3, -0.25) is 14.7 Å². The highest BCUT2D eigenvalue weighted by Gasteiger charge is 2.16. The molecule has 0 fully saturated rings. The number of rotatable bonds is 5. The number of aromatic nitrogens is 2. The van der Waals surface area contributed by atoms with Crippen molar-refractivity contribution >= 4 is 35.3 Å². The van der Waals surface area contributed by atoms with Crippen molar-refractivity contribution in [1.82, 2.24) is 20.2 Å². The van der Waals surface area contributed by atoms with Crippen LogP contribution in [0.2, 0.25) is 5.02 Å². The van der Waals surface area contributed by atoms with Gasteiger partial charge in [-0.15, -0.1) is 0 Å². The number of thioether (sulfide) groups is 1. The number of nitrogens with one attached hydrogen (secondary N) is 2. The summed E-state index contributed by atoms with van der Waals surface area (Å²) in [6, 6.07) is 16.7. The summed E-state index contributed by atoms with van der Waals surface area (Å²) in [5.74, 6) is -0.347. The fourth-order valence-electron chi connectivity index (χ4n) is 2.47. The van der Waals surface area contributed by atoms with Gasteiger partial charge in [-0.25, -0.2) is 9.78 Å². The molecule has 6 nitrogen and oxygen atoms in total. The van der Waals surface area contributed by atoms with Crippen LogP contribution in [0.1, 0.15) is 0 Å². The average molecular weight is 401 g/mol. The van der Waals surface area contributed by atoms with Gasteiger partial charge in [0.1, 0.15) is 0 Å². The maximum atomic E-state index is 11.9. The van der Waals surface area contributed by atoms with Crippen LogP contribution in [0.4, 0.5) is 4.79 Å². The molecule has 2 N–H and O–H groups in total. The second-order valence-corrected chi connectivity index (χ2v) is 6.90. The van der Waals surface area contributed by atoms with Crippen LogP contribution in [-0.2, 0) is 4.79 Å². The van der Waals surface area contributed by atoms with Crippen molar-refractivity contribution in [1.29, 1.82) is 0 Å². The number of benzene rings is 2. The van der Waals surface area contributed by atoms with Gasteiger partial charge in [0, 0.05) is 23.3 Å². The zero-order chi connectivity index (χ0) is 19.2. The van der Waals surface area contributed by atoms with E-state index in [-0.39, 0.29) is 5.75 Å². The van der Waals surface area contributed by atoms with E-state index >= 15 is 0 Å². The molecule has 27 heavy (non-hydrogen) atoms. The highest BCUT2D eigenvalue weighted by atomic mass is 35.5. The number of carbonyl (C=O) groups excluding carboxylic acids is 2. The standard InChI is InChI=1S/C19H17ClN4O2S/c1-21-18(26)23-17(25)12-27-19-22-11-16(13-6-3-2-4-7-13)24(19)15-9-5-8-14(20)10-15/h2-11H,12H2,1H3,(H2,21,23,25,26). The summed E-state index contributed by atoms with van der Waals surface area (Å²) in [7, 11) is 1.45.